The lowest BCUT2D eigenvalue weighted by Gasteiger charge is -2.09. The first-order chi connectivity index (χ1) is 12.0. The molecular weight excluding hydrogens is 356 g/mol. The Bertz CT molecular complexity index is 933. The molecule has 8 nitrogen and oxygen atoms in total. The first kappa shape index (κ1) is 16.7. The van der Waals surface area contributed by atoms with Crippen molar-refractivity contribution in [2.75, 3.05) is 5.73 Å². The van der Waals surface area contributed by atoms with Gasteiger partial charge in [0, 0.05) is 18.2 Å². The van der Waals surface area contributed by atoms with Crippen LogP contribution in [0, 0.1) is 11.6 Å². The van der Waals surface area contributed by atoms with Gasteiger partial charge in [0.25, 0.3) is 5.91 Å². The zero-order valence-corrected chi connectivity index (χ0v) is 13.2. The standard InChI is InChI=1S/C14H10ClF2N7O/c15-11-13(24-6-19-5-21-24)23-12(18)10(22-11)14(25)20-4-7-1-2-8(16)3-9(7)17/h1-3,5-6H,4H2,(H2,18,23)(H,20,25). The van der Waals surface area contributed by atoms with Crippen LogP contribution in [-0.4, -0.2) is 30.6 Å². The van der Waals surface area contributed by atoms with Crippen molar-refractivity contribution in [3.63, 3.8) is 0 Å². The predicted octanol–water partition coefficient (Wildman–Crippen LogP) is 1.50. The van der Waals surface area contributed by atoms with Gasteiger partial charge in [0.05, 0.1) is 0 Å². The zero-order chi connectivity index (χ0) is 18.0. The third kappa shape index (κ3) is 3.53. The van der Waals surface area contributed by atoms with Crippen molar-refractivity contribution < 1.29 is 13.6 Å². The van der Waals surface area contributed by atoms with Crippen LogP contribution in [0.5, 0.6) is 0 Å². The number of aromatic nitrogens is 5. The van der Waals surface area contributed by atoms with Crippen LogP contribution in [0.1, 0.15) is 16.1 Å². The van der Waals surface area contributed by atoms with E-state index in [4.69, 9.17) is 17.3 Å². The molecule has 1 amide bonds. The van der Waals surface area contributed by atoms with Gasteiger partial charge in [-0.2, -0.15) is 9.78 Å². The molecule has 3 aromatic rings. The fourth-order valence-electron chi connectivity index (χ4n) is 1.97. The summed E-state index contributed by atoms with van der Waals surface area (Å²) in [6.45, 7) is -0.186. The Morgan fingerprint density at radius 1 is 1.32 bits per heavy atom. The fraction of sp³-hybridized carbons (Fsp3) is 0.0714. The normalized spacial score (nSPS) is 10.7. The number of benzene rings is 1. The molecule has 2 aromatic heterocycles. The number of hydrogen-bond donors (Lipinski definition) is 2. The highest BCUT2D eigenvalue weighted by Gasteiger charge is 2.18. The van der Waals surface area contributed by atoms with E-state index in [1.54, 1.807) is 0 Å². The number of halogens is 3. The molecule has 128 valence electrons. The quantitative estimate of drug-likeness (QED) is 0.724. The molecule has 1 aromatic carbocycles. The van der Waals surface area contributed by atoms with Crippen molar-refractivity contribution in [1.82, 2.24) is 30.0 Å². The first-order valence-electron chi connectivity index (χ1n) is 6.86. The molecule has 0 bridgehead atoms. The van der Waals surface area contributed by atoms with Crippen LogP contribution in [0.25, 0.3) is 5.82 Å². The minimum absolute atomic E-state index is 0.103. The summed E-state index contributed by atoms with van der Waals surface area (Å²) >= 11 is 6.00. The molecule has 0 atom stereocenters. The van der Waals surface area contributed by atoms with E-state index in [0.717, 1.165) is 12.1 Å². The van der Waals surface area contributed by atoms with Crippen molar-refractivity contribution in [3.05, 3.63) is 58.9 Å². The van der Waals surface area contributed by atoms with E-state index < -0.39 is 17.5 Å². The molecule has 0 radical (unpaired) electrons. The summed E-state index contributed by atoms with van der Waals surface area (Å²) in [5.74, 6) is -2.28. The molecular formula is C14H10ClF2N7O. The Hall–Kier alpha value is -3.14. The lowest BCUT2D eigenvalue weighted by Crippen LogP contribution is -2.26. The number of nitrogens with two attached hydrogens (primary N) is 1. The van der Waals surface area contributed by atoms with Gasteiger partial charge in [0.2, 0.25) is 0 Å². The number of hydrogen-bond acceptors (Lipinski definition) is 6. The predicted molar refractivity (Wildman–Crippen MR) is 83.9 cm³/mol. The largest absolute Gasteiger partial charge is 0.382 e. The van der Waals surface area contributed by atoms with Gasteiger partial charge in [-0.1, -0.05) is 17.7 Å². The molecule has 25 heavy (non-hydrogen) atoms. The smallest absolute Gasteiger partial charge is 0.274 e. The lowest BCUT2D eigenvalue weighted by molar-refractivity contribution is 0.0946. The van der Waals surface area contributed by atoms with Gasteiger partial charge in [-0.3, -0.25) is 4.79 Å². The molecule has 0 aliphatic rings. The second-order valence-electron chi connectivity index (χ2n) is 4.83. The maximum Gasteiger partial charge on any atom is 0.274 e. The van der Waals surface area contributed by atoms with Crippen molar-refractivity contribution in [2.24, 2.45) is 0 Å². The van der Waals surface area contributed by atoms with Gasteiger partial charge in [-0.15, -0.1) is 0 Å². The number of rotatable bonds is 4. The minimum atomic E-state index is -0.779. The Balaban J connectivity index is 1.79. The van der Waals surface area contributed by atoms with Gasteiger partial charge in [-0.05, 0) is 6.07 Å². The lowest BCUT2D eigenvalue weighted by atomic mass is 10.2. The zero-order valence-electron chi connectivity index (χ0n) is 12.4. The number of anilines is 1. The summed E-state index contributed by atoms with van der Waals surface area (Å²) in [6.07, 6.45) is 2.61. The molecule has 0 aliphatic heterocycles. The summed E-state index contributed by atoms with van der Waals surface area (Å²) in [5.41, 5.74) is 5.62. The Labute approximate surface area is 144 Å². The molecule has 3 rings (SSSR count). The van der Waals surface area contributed by atoms with Gasteiger partial charge < -0.3 is 11.1 Å². The van der Waals surface area contributed by atoms with Crippen LogP contribution < -0.4 is 11.1 Å². The summed E-state index contributed by atoms with van der Waals surface area (Å²) in [4.78, 5) is 23.8. The fourth-order valence-corrected chi connectivity index (χ4v) is 2.19. The van der Waals surface area contributed by atoms with E-state index in [2.05, 4.69) is 25.4 Å². The second-order valence-corrected chi connectivity index (χ2v) is 5.19. The van der Waals surface area contributed by atoms with E-state index >= 15 is 0 Å². The molecule has 3 N–H and O–H groups in total. The van der Waals surface area contributed by atoms with Crippen molar-refractivity contribution in [2.45, 2.75) is 6.54 Å². The van der Waals surface area contributed by atoms with Crippen LogP contribution >= 0.6 is 11.6 Å². The molecule has 0 saturated carbocycles. The highest BCUT2D eigenvalue weighted by molar-refractivity contribution is 6.31. The molecule has 0 unspecified atom stereocenters. The molecule has 11 heteroatoms. The second kappa shape index (κ2) is 6.77. The van der Waals surface area contributed by atoms with E-state index in [9.17, 15) is 13.6 Å². The summed E-state index contributed by atoms with van der Waals surface area (Å²) in [6, 6.07) is 3.03. The number of nitrogens with one attached hydrogen (secondary N) is 1. The van der Waals surface area contributed by atoms with Crippen LogP contribution in [-0.2, 0) is 6.54 Å². The van der Waals surface area contributed by atoms with Crippen molar-refractivity contribution in [3.8, 4) is 5.82 Å². The van der Waals surface area contributed by atoms with E-state index in [1.165, 1.54) is 23.4 Å². The average Bonchev–Trinajstić information content (AvgIpc) is 3.09. The highest BCUT2D eigenvalue weighted by atomic mass is 35.5. The number of amides is 1. The topological polar surface area (TPSA) is 112 Å². The maximum atomic E-state index is 13.6. The van der Waals surface area contributed by atoms with Gasteiger partial charge in [0.1, 0.15) is 24.3 Å². The summed E-state index contributed by atoms with van der Waals surface area (Å²) in [5, 5.41) is 6.15. The summed E-state index contributed by atoms with van der Waals surface area (Å²) in [7, 11) is 0. The van der Waals surface area contributed by atoms with Gasteiger partial charge in [-0.25, -0.2) is 23.7 Å². The van der Waals surface area contributed by atoms with Gasteiger partial charge in [0.15, 0.2) is 22.5 Å². The van der Waals surface area contributed by atoms with Crippen LogP contribution in [0.15, 0.2) is 30.9 Å². The number of nitrogen functional groups attached to an aromatic ring is 1. The van der Waals surface area contributed by atoms with Crippen LogP contribution in [0.2, 0.25) is 5.15 Å². The minimum Gasteiger partial charge on any atom is -0.382 e. The molecule has 2 heterocycles. The molecule has 0 fully saturated rings. The van der Waals surface area contributed by atoms with E-state index in [0.29, 0.717) is 0 Å². The third-order valence-electron chi connectivity index (χ3n) is 3.17. The number of carbonyl (C=O) groups is 1. The van der Waals surface area contributed by atoms with Crippen LogP contribution in [0.3, 0.4) is 0 Å². The number of nitrogens with zero attached hydrogens (tertiary/aromatic N) is 5. The third-order valence-corrected chi connectivity index (χ3v) is 3.42. The average molecular weight is 366 g/mol. The maximum absolute atomic E-state index is 13.6. The van der Waals surface area contributed by atoms with E-state index in [-0.39, 0.29) is 34.6 Å². The Morgan fingerprint density at radius 3 is 2.80 bits per heavy atom. The monoisotopic (exact) mass is 365 g/mol. The summed E-state index contributed by atoms with van der Waals surface area (Å²) < 4.78 is 27.7. The molecule has 0 saturated heterocycles. The van der Waals surface area contributed by atoms with Crippen molar-refractivity contribution in [1.29, 1.82) is 0 Å². The Kier molecular flexibility index (Phi) is 4.52. The first-order valence-corrected chi connectivity index (χ1v) is 7.23. The molecule has 0 spiro atoms. The SMILES string of the molecule is Nc1nc(-n2cncn2)c(Cl)nc1C(=O)NCc1ccc(F)cc1F. The highest BCUT2D eigenvalue weighted by Crippen LogP contribution is 2.19. The number of carbonyl (C=O) groups excluding carboxylic acids is 1. The Morgan fingerprint density at radius 2 is 2.12 bits per heavy atom. The van der Waals surface area contributed by atoms with Gasteiger partial charge >= 0.3 is 0 Å². The van der Waals surface area contributed by atoms with Crippen molar-refractivity contribution >= 4 is 23.3 Å². The van der Waals surface area contributed by atoms with Crippen LogP contribution in [0.4, 0.5) is 14.6 Å². The van der Waals surface area contributed by atoms with E-state index in [1.807, 2.05) is 0 Å². The molecule has 0 aliphatic carbocycles.